The van der Waals surface area contributed by atoms with Gasteiger partial charge in [0, 0.05) is 30.6 Å². The number of carbonyl (C=O) groups is 1. The zero-order valence-corrected chi connectivity index (χ0v) is 12.1. The van der Waals surface area contributed by atoms with Crippen LogP contribution in [0.15, 0.2) is 30.1 Å². The summed E-state index contributed by atoms with van der Waals surface area (Å²) < 4.78 is 5.40. The number of halogens is 1. The second-order valence-electron chi connectivity index (χ2n) is 4.52. The highest BCUT2D eigenvalue weighted by Gasteiger charge is 2.17. The smallest absolute Gasteiger partial charge is 0.263 e. The first-order valence-corrected chi connectivity index (χ1v) is 6.95. The number of hydrogen-bond donors (Lipinski definition) is 2. The third-order valence-electron chi connectivity index (χ3n) is 2.97. The summed E-state index contributed by atoms with van der Waals surface area (Å²) in [6.07, 6.45) is 4.81. The normalized spacial score (nSPS) is 18.1. The second kappa shape index (κ2) is 7.62. The van der Waals surface area contributed by atoms with Gasteiger partial charge in [0.2, 0.25) is 0 Å². The number of nitrogens with one attached hydrogen (secondary N) is 2. The highest BCUT2D eigenvalue weighted by Crippen LogP contribution is 2.12. The lowest BCUT2D eigenvalue weighted by Gasteiger charge is -2.10. The third kappa shape index (κ3) is 4.74. The molecule has 7 heteroatoms. The number of amides is 1. The fourth-order valence-corrected chi connectivity index (χ4v) is 2.05. The molecule has 0 aromatic carbocycles. The Hall–Kier alpha value is -2.10. The first-order chi connectivity index (χ1) is 10.2. The van der Waals surface area contributed by atoms with E-state index in [-0.39, 0.29) is 11.7 Å². The standard InChI is InChI=1S/C14H15ClN4O2/c15-11-3-4-17-13(6-11)18-8-10(7-16)14(20)19-9-12-2-1-5-21-12/h3-4,6,8,12H,1-2,5,9H2,(H,17,18)(H,19,20)/b10-8-. The summed E-state index contributed by atoms with van der Waals surface area (Å²) in [6.45, 7) is 1.14. The Morgan fingerprint density at radius 1 is 1.67 bits per heavy atom. The second-order valence-corrected chi connectivity index (χ2v) is 4.95. The number of ether oxygens (including phenoxy) is 1. The van der Waals surface area contributed by atoms with E-state index in [1.165, 1.54) is 12.4 Å². The van der Waals surface area contributed by atoms with E-state index in [1.807, 2.05) is 6.07 Å². The average molecular weight is 307 g/mol. The molecule has 1 fully saturated rings. The van der Waals surface area contributed by atoms with Crippen LogP contribution in [0.5, 0.6) is 0 Å². The maximum Gasteiger partial charge on any atom is 0.263 e. The predicted molar refractivity (Wildman–Crippen MR) is 78.5 cm³/mol. The van der Waals surface area contributed by atoms with Crippen molar-refractivity contribution in [3.8, 4) is 6.07 Å². The number of hydrogen-bond acceptors (Lipinski definition) is 5. The van der Waals surface area contributed by atoms with Gasteiger partial charge in [-0.3, -0.25) is 4.79 Å². The summed E-state index contributed by atoms with van der Waals surface area (Å²) >= 11 is 5.82. The summed E-state index contributed by atoms with van der Waals surface area (Å²) in [7, 11) is 0. The fourth-order valence-electron chi connectivity index (χ4n) is 1.89. The Bertz CT molecular complexity index is 577. The van der Waals surface area contributed by atoms with Crippen molar-refractivity contribution in [2.24, 2.45) is 0 Å². The van der Waals surface area contributed by atoms with Crippen LogP contribution in [-0.4, -0.2) is 30.1 Å². The van der Waals surface area contributed by atoms with Crippen LogP contribution in [0, 0.1) is 11.3 Å². The van der Waals surface area contributed by atoms with Crippen LogP contribution >= 0.6 is 11.6 Å². The van der Waals surface area contributed by atoms with E-state index in [1.54, 1.807) is 12.1 Å². The molecule has 2 N–H and O–H groups in total. The molecule has 1 aliphatic rings. The van der Waals surface area contributed by atoms with Crippen molar-refractivity contribution in [2.75, 3.05) is 18.5 Å². The Kier molecular flexibility index (Phi) is 5.55. The topological polar surface area (TPSA) is 87.0 Å². The zero-order chi connectivity index (χ0) is 15.1. The van der Waals surface area contributed by atoms with E-state index in [0.717, 1.165) is 19.4 Å². The van der Waals surface area contributed by atoms with Crippen molar-refractivity contribution in [2.45, 2.75) is 18.9 Å². The maximum absolute atomic E-state index is 11.9. The molecule has 1 saturated heterocycles. The van der Waals surface area contributed by atoms with Crippen molar-refractivity contribution in [3.63, 3.8) is 0 Å². The van der Waals surface area contributed by atoms with Crippen molar-refractivity contribution < 1.29 is 9.53 Å². The quantitative estimate of drug-likeness (QED) is 0.640. The average Bonchev–Trinajstić information content (AvgIpc) is 2.99. The Morgan fingerprint density at radius 2 is 2.52 bits per heavy atom. The van der Waals surface area contributed by atoms with Gasteiger partial charge in [0.25, 0.3) is 5.91 Å². The summed E-state index contributed by atoms with van der Waals surface area (Å²) in [6, 6.07) is 5.08. The van der Waals surface area contributed by atoms with Crippen LogP contribution in [0.25, 0.3) is 0 Å². The van der Waals surface area contributed by atoms with Gasteiger partial charge in [-0.25, -0.2) is 4.98 Å². The van der Waals surface area contributed by atoms with E-state index in [2.05, 4.69) is 15.6 Å². The van der Waals surface area contributed by atoms with Crippen LogP contribution in [-0.2, 0) is 9.53 Å². The van der Waals surface area contributed by atoms with Crippen LogP contribution < -0.4 is 10.6 Å². The van der Waals surface area contributed by atoms with E-state index in [4.69, 9.17) is 21.6 Å². The van der Waals surface area contributed by atoms with E-state index in [0.29, 0.717) is 17.4 Å². The van der Waals surface area contributed by atoms with E-state index in [9.17, 15) is 4.79 Å². The number of nitriles is 1. The molecule has 2 heterocycles. The lowest BCUT2D eigenvalue weighted by Crippen LogP contribution is -2.32. The molecule has 21 heavy (non-hydrogen) atoms. The van der Waals surface area contributed by atoms with Gasteiger partial charge in [0.05, 0.1) is 6.10 Å². The summed E-state index contributed by atoms with van der Waals surface area (Å²) in [5.41, 5.74) is -0.0326. The maximum atomic E-state index is 11.9. The Balaban J connectivity index is 1.90. The fraction of sp³-hybridized carbons (Fsp3) is 0.357. The lowest BCUT2D eigenvalue weighted by molar-refractivity contribution is -0.117. The highest BCUT2D eigenvalue weighted by molar-refractivity contribution is 6.30. The molecule has 1 atom stereocenters. The van der Waals surface area contributed by atoms with Gasteiger partial charge in [-0.05, 0) is 25.0 Å². The minimum absolute atomic E-state index is 0.0326. The molecule has 1 aliphatic heterocycles. The molecule has 1 aromatic rings. The molecule has 1 unspecified atom stereocenters. The molecule has 6 nitrogen and oxygen atoms in total. The minimum atomic E-state index is -0.442. The van der Waals surface area contributed by atoms with Gasteiger partial charge in [-0.15, -0.1) is 0 Å². The molecule has 2 rings (SSSR count). The molecular weight excluding hydrogens is 292 g/mol. The number of nitrogens with zero attached hydrogens (tertiary/aromatic N) is 2. The largest absolute Gasteiger partial charge is 0.376 e. The molecule has 0 bridgehead atoms. The minimum Gasteiger partial charge on any atom is -0.376 e. The zero-order valence-electron chi connectivity index (χ0n) is 11.3. The van der Waals surface area contributed by atoms with Crippen molar-refractivity contribution in [1.29, 1.82) is 5.26 Å². The lowest BCUT2D eigenvalue weighted by atomic mass is 10.2. The van der Waals surface area contributed by atoms with Crippen LogP contribution in [0.1, 0.15) is 12.8 Å². The number of rotatable bonds is 5. The first kappa shape index (κ1) is 15.3. The molecule has 0 spiro atoms. The molecule has 0 radical (unpaired) electrons. The van der Waals surface area contributed by atoms with Crippen molar-refractivity contribution >= 4 is 23.3 Å². The molecule has 1 aromatic heterocycles. The molecule has 0 saturated carbocycles. The van der Waals surface area contributed by atoms with Gasteiger partial charge in [0.15, 0.2) is 0 Å². The first-order valence-electron chi connectivity index (χ1n) is 6.57. The summed E-state index contributed by atoms with van der Waals surface area (Å²) in [5.74, 6) is 0.0182. The van der Waals surface area contributed by atoms with Gasteiger partial charge in [-0.1, -0.05) is 11.6 Å². The van der Waals surface area contributed by atoms with E-state index >= 15 is 0 Å². The van der Waals surface area contributed by atoms with Gasteiger partial charge in [0.1, 0.15) is 17.5 Å². The third-order valence-corrected chi connectivity index (χ3v) is 3.20. The number of pyridine rings is 1. The number of anilines is 1. The number of carbonyl (C=O) groups excluding carboxylic acids is 1. The highest BCUT2D eigenvalue weighted by atomic mass is 35.5. The SMILES string of the molecule is N#C/C(=C/Nc1cc(Cl)ccn1)C(=O)NCC1CCCO1. The van der Waals surface area contributed by atoms with Gasteiger partial charge >= 0.3 is 0 Å². The van der Waals surface area contributed by atoms with Crippen LogP contribution in [0.2, 0.25) is 5.02 Å². The van der Waals surface area contributed by atoms with Crippen molar-refractivity contribution in [1.82, 2.24) is 10.3 Å². The Morgan fingerprint density at radius 3 is 3.19 bits per heavy atom. The van der Waals surface area contributed by atoms with Gasteiger partial charge < -0.3 is 15.4 Å². The molecular formula is C14H15ClN4O2. The van der Waals surface area contributed by atoms with Gasteiger partial charge in [-0.2, -0.15) is 5.26 Å². The summed E-state index contributed by atoms with van der Waals surface area (Å²) in [5, 5.41) is 15.0. The monoisotopic (exact) mass is 306 g/mol. The molecule has 0 aliphatic carbocycles. The number of aromatic nitrogens is 1. The van der Waals surface area contributed by atoms with Crippen LogP contribution in [0.3, 0.4) is 0 Å². The predicted octanol–water partition coefficient (Wildman–Crippen LogP) is 1.85. The Labute approximate surface area is 127 Å². The summed E-state index contributed by atoms with van der Waals surface area (Å²) in [4.78, 5) is 15.9. The van der Waals surface area contributed by atoms with Crippen LogP contribution in [0.4, 0.5) is 5.82 Å². The molecule has 1 amide bonds. The van der Waals surface area contributed by atoms with Crippen molar-refractivity contribution in [3.05, 3.63) is 35.1 Å². The molecule has 110 valence electrons. The van der Waals surface area contributed by atoms with E-state index < -0.39 is 5.91 Å².